The quantitative estimate of drug-likeness (QED) is 0.530. The van der Waals surface area contributed by atoms with Crippen LogP contribution in [0.25, 0.3) is 0 Å². The lowest BCUT2D eigenvalue weighted by Gasteiger charge is -2.32. The Balaban J connectivity index is 2.23. The molecule has 0 unspecified atom stereocenters. The van der Waals surface area contributed by atoms with Crippen molar-refractivity contribution in [2.75, 3.05) is 6.54 Å². The molecule has 0 spiro atoms. The molecule has 0 aliphatic carbocycles. The van der Waals surface area contributed by atoms with E-state index in [9.17, 15) is 9.59 Å². The van der Waals surface area contributed by atoms with Crippen LogP contribution in [-0.2, 0) is 9.59 Å². The molecule has 12 heavy (non-hydrogen) atoms. The molecule has 2 atom stereocenters. The predicted molar refractivity (Wildman–Crippen MR) is 42.3 cm³/mol. The molecule has 2 rings (SSSR count). The van der Waals surface area contributed by atoms with Crippen LogP contribution in [0.5, 0.6) is 0 Å². The van der Waals surface area contributed by atoms with Gasteiger partial charge < -0.3 is 10.2 Å². The third kappa shape index (κ3) is 0.906. The summed E-state index contributed by atoms with van der Waals surface area (Å²) >= 11 is 0. The number of hydrogen-bond acceptors (Lipinski definition) is 2. The van der Waals surface area contributed by atoms with E-state index in [1.807, 2.05) is 0 Å². The fourth-order valence-corrected chi connectivity index (χ4v) is 1.92. The number of carbonyl (C=O) groups excluding carboxylic acids is 2. The zero-order valence-corrected chi connectivity index (χ0v) is 7.04. The normalized spacial score (nSPS) is 34.9. The smallest absolute Gasteiger partial charge is 0.245 e. The van der Waals surface area contributed by atoms with E-state index < -0.39 is 0 Å². The highest BCUT2D eigenvalue weighted by Gasteiger charge is 2.40. The number of amides is 2. The van der Waals surface area contributed by atoms with Gasteiger partial charge in [0.15, 0.2) is 0 Å². The monoisotopic (exact) mass is 168 g/mol. The SMILES string of the molecule is C[C@H]1NC(=O)[C@H]2CCCN2C1=O. The van der Waals surface area contributed by atoms with E-state index in [0.29, 0.717) is 0 Å². The number of nitrogens with zero attached hydrogens (tertiary/aromatic N) is 1. The molecule has 4 heteroatoms. The molecule has 4 nitrogen and oxygen atoms in total. The molecule has 0 aromatic rings. The van der Waals surface area contributed by atoms with Crippen molar-refractivity contribution in [1.82, 2.24) is 10.2 Å². The maximum Gasteiger partial charge on any atom is 0.245 e. The van der Waals surface area contributed by atoms with Crippen molar-refractivity contribution in [3.8, 4) is 0 Å². The first-order valence-corrected chi connectivity index (χ1v) is 4.31. The van der Waals surface area contributed by atoms with Gasteiger partial charge in [-0.05, 0) is 19.8 Å². The Morgan fingerprint density at radius 2 is 2.25 bits per heavy atom. The van der Waals surface area contributed by atoms with Crippen LogP contribution in [0, 0.1) is 0 Å². The van der Waals surface area contributed by atoms with E-state index in [4.69, 9.17) is 0 Å². The van der Waals surface area contributed by atoms with Crippen molar-refractivity contribution in [3.05, 3.63) is 0 Å². The Hall–Kier alpha value is -1.06. The highest BCUT2D eigenvalue weighted by atomic mass is 16.2. The summed E-state index contributed by atoms with van der Waals surface area (Å²) in [6.07, 6.45) is 1.78. The fraction of sp³-hybridized carbons (Fsp3) is 0.750. The van der Waals surface area contributed by atoms with E-state index in [1.165, 1.54) is 0 Å². The van der Waals surface area contributed by atoms with Crippen molar-refractivity contribution >= 4 is 11.8 Å². The van der Waals surface area contributed by atoms with Crippen molar-refractivity contribution in [1.29, 1.82) is 0 Å². The Kier molecular flexibility index (Phi) is 1.56. The molecule has 1 N–H and O–H groups in total. The third-order valence-electron chi connectivity index (χ3n) is 2.57. The molecule has 0 aromatic carbocycles. The van der Waals surface area contributed by atoms with Gasteiger partial charge in [0.25, 0.3) is 0 Å². The topological polar surface area (TPSA) is 49.4 Å². The summed E-state index contributed by atoms with van der Waals surface area (Å²) < 4.78 is 0. The van der Waals surface area contributed by atoms with E-state index in [2.05, 4.69) is 5.32 Å². The Morgan fingerprint density at radius 3 is 3.00 bits per heavy atom. The van der Waals surface area contributed by atoms with Crippen LogP contribution >= 0.6 is 0 Å². The second-order valence-electron chi connectivity index (χ2n) is 3.42. The summed E-state index contributed by atoms with van der Waals surface area (Å²) in [6.45, 7) is 2.48. The Bertz CT molecular complexity index is 239. The second kappa shape index (κ2) is 2.47. The lowest BCUT2D eigenvalue weighted by Crippen LogP contribution is -2.59. The maximum absolute atomic E-state index is 11.5. The molecule has 0 bridgehead atoms. The van der Waals surface area contributed by atoms with E-state index >= 15 is 0 Å². The van der Waals surface area contributed by atoms with Crippen LogP contribution in [0.2, 0.25) is 0 Å². The molecule has 2 fully saturated rings. The van der Waals surface area contributed by atoms with Gasteiger partial charge in [-0.2, -0.15) is 0 Å². The summed E-state index contributed by atoms with van der Waals surface area (Å²) in [7, 11) is 0. The molecule has 0 aromatic heterocycles. The maximum atomic E-state index is 11.5. The van der Waals surface area contributed by atoms with E-state index in [0.717, 1.165) is 19.4 Å². The lowest BCUT2D eigenvalue weighted by molar-refractivity contribution is -0.146. The van der Waals surface area contributed by atoms with Gasteiger partial charge in [0.05, 0.1) is 0 Å². The fourth-order valence-electron chi connectivity index (χ4n) is 1.92. The molecule has 2 saturated heterocycles. The predicted octanol–water partition coefficient (Wildman–Crippen LogP) is -0.504. The van der Waals surface area contributed by atoms with Gasteiger partial charge in [0.2, 0.25) is 11.8 Å². The van der Waals surface area contributed by atoms with Gasteiger partial charge in [-0.3, -0.25) is 9.59 Å². The van der Waals surface area contributed by atoms with Gasteiger partial charge in [0.1, 0.15) is 12.1 Å². The number of carbonyl (C=O) groups is 2. The number of rotatable bonds is 0. The average Bonchev–Trinajstić information content (AvgIpc) is 2.48. The molecule has 66 valence electrons. The minimum absolute atomic E-state index is 0.0135. The van der Waals surface area contributed by atoms with Crippen LogP contribution in [0.1, 0.15) is 19.8 Å². The van der Waals surface area contributed by atoms with Crippen molar-refractivity contribution in [3.63, 3.8) is 0 Å². The van der Waals surface area contributed by atoms with Crippen molar-refractivity contribution < 1.29 is 9.59 Å². The van der Waals surface area contributed by atoms with Crippen LogP contribution in [0.15, 0.2) is 0 Å². The molecule has 0 saturated carbocycles. The minimum atomic E-state index is -0.327. The second-order valence-corrected chi connectivity index (χ2v) is 3.42. The summed E-state index contributed by atoms with van der Waals surface area (Å²) in [6, 6.07) is -0.499. The highest BCUT2D eigenvalue weighted by molar-refractivity contribution is 5.97. The highest BCUT2D eigenvalue weighted by Crippen LogP contribution is 2.21. The minimum Gasteiger partial charge on any atom is -0.343 e. The van der Waals surface area contributed by atoms with Crippen LogP contribution in [0.3, 0.4) is 0 Å². The Labute approximate surface area is 70.9 Å². The Morgan fingerprint density at radius 1 is 1.50 bits per heavy atom. The largest absolute Gasteiger partial charge is 0.343 e. The number of hydrogen-bond donors (Lipinski definition) is 1. The third-order valence-corrected chi connectivity index (χ3v) is 2.57. The lowest BCUT2D eigenvalue weighted by atomic mass is 10.1. The van der Waals surface area contributed by atoms with Gasteiger partial charge >= 0.3 is 0 Å². The molecule has 2 amide bonds. The molecule has 2 aliphatic heterocycles. The van der Waals surface area contributed by atoms with Gasteiger partial charge in [-0.15, -0.1) is 0 Å². The number of piperazine rings is 1. The summed E-state index contributed by atoms with van der Waals surface area (Å²) in [5.74, 6) is 0.0803. The standard InChI is InChI=1S/C8H12N2O2/c1-5-8(12)10-4-2-3-6(10)7(11)9-5/h5-6H,2-4H2,1H3,(H,9,11)/t5-,6-/m1/s1. The zero-order chi connectivity index (χ0) is 8.72. The van der Waals surface area contributed by atoms with Gasteiger partial charge in [-0.1, -0.05) is 0 Å². The number of fused-ring (bicyclic) bond motifs is 1. The van der Waals surface area contributed by atoms with Gasteiger partial charge in [0, 0.05) is 6.54 Å². The molecule has 2 heterocycles. The van der Waals surface area contributed by atoms with Crippen LogP contribution in [0.4, 0.5) is 0 Å². The van der Waals surface area contributed by atoms with Crippen LogP contribution < -0.4 is 5.32 Å². The van der Waals surface area contributed by atoms with Crippen molar-refractivity contribution in [2.45, 2.75) is 31.8 Å². The van der Waals surface area contributed by atoms with Gasteiger partial charge in [-0.25, -0.2) is 0 Å². The van der Waals surface area contributed by atoms with E-state index in [-0.39, 0.29) is 23.9 Å². The number of nitrogens with one attached hydrogen (secondary N) is 1. The molecular weight excluding hydrogens is 156 g/mol. The first kappa shape index (κ1) is 7.58. The first-order chi connectivity index (χ1) is 5.70. The van der Waals surface area contributed by atoms with Crippen LogP contribution in [-0.4, -0.2) is 35.3 Å². The molecule has 0 radical (unpaired) electrons. The van der Waals surface area contributed by atoms with Crippen molar-refractivity contribution in [2.24, 2.45) is 0 Å². The summed E-state index contributed by atoms with van der Waals surface area (Å²) in [4.78, 5) is 24.5. The average molecular weight is 168 g/mol. The summed E-state index contributed by atoms with van der Waals surface area (Å²) in [5, 5.41) is 2.67. The molecule has 2 aliphatic rings. The summed E-state index contributed by atoms with van der Waals surface area (Å²) in [5.41, 5.74) is 0. The first-order valence-electron chi connectivity index (χ1n) is 4.31. The van der Waals surface area contributed by atoms with E-state index in [1.54, 1.807) is 11.8 Å². The zero-order valence-electron chi connectivity index (χ0n) is 7.04. The molecular formula is C8H12N2O2.